The van der Waals surface area contributed by atoms with Crippen molar-refractivity contribution in [2.24, 2.45) is 0 Å². The molecule has 0 amide bonds. The van der Waals surface area contributed by atoms with E-state index in [1.165, 1.54) is 25.2 Å². The number of rotatable bonds is 6. The third-order valence-electron chi connectivity index (χ3n) is 1.60. The van der Waals surface area contributed by atoms with E-state index in [0.29, 0.717) is 22.1 Å². The summed E-state index contributed by atoms with van der Waals surface area (Å²) in [5.41, 5.74) is 0.362. The van der Waals surface area contributed by atoms with Crippen LogP contribution in [0.4, 0.5) is 0 Å². The van der Waals surface area contributed by atoms with E-state index in [0.717, 1.165) is 17.5 Å². The lowest BCUT2D eigenvalue weighted by atomic mass is 10.4. The standard InChI is InChI=1S/C9H9N3O2S2.C2H4O2/c1-2-15-8-6(3-10)9(12-5-11-8)16-4-7(13)14;1-4-2-3/h5H,2,4H2,1H3,(H,13,14);2H,1H3. The van der Waals surface area contributed by atoms with Crippen LogP contribution in [0.15, 0.2) is 16.4 Å². The van der Waals surface area contributed by atoms with Crippen LogP contribution in [0.2, 0.25) is 0 Å². The van der Waals surface area contributed by atoms with Crippen molar-refractivity contribution in [3.05, 3.63) is 11.9 Å². The quantitative estimate of drug-likeness (QED) is 0.473. The smallest absolute Gasteiger partial charge is 0.313 e. The molecular formula is C11H13N3O4S2. The van der Waals surface area contributed by atoms with Gasteiger partial charge in [-0.3, -0.25) is 9.59 Å². The SMILES string of the molecule is CCSc1ncnc(SCC(=O)O)c1C#N.COC=O. The van der Waals surface area contributed by atoms with Crippen molar-refractivity contribution in [3.63, 3.8) is 0 Å². The molecule has 0 spiro atoms. The number of aliphatic carboxylic acids is 1. The van der Waals surface area contributed by atoms with Gasteiger partial charge in [-0.15, -0.1) is 11.8 Å². The number of thioether (sulfide) groups is 2. The second-order valence-electron chi connectivity index (χ2n) is 2.92. The van der Waals surface area contributed by atoms with Crippen molar-refractivity contribution in [2.45, 2.75) is 17.0 Å². The molecule has 7 nitrogen and oxygen atoms in total. The van der Waals surface area contributed by atoms with Crippen LogP contribution in [0.5, 0.6) is 0 Å². The van der Waals surface area contributed by atoms with E-state index in [1.807, 2.05) is 13.0 Å². The van der Waals surface area contributed by atoms with Crippen LogP contribution in [0.1, 0.15) is 12.5 Å². The van der Waals surface area contributed by atoms with Crippen molar-refractivity contribution in [1.82, 2.24) is 9.97 Å². The summed E-state index contributed by atoms with van der Waals surface area (Å²) in [6.07, 6.45) is 1.35. The third-order valence-corrected chi connectivity index (χ3v) is 3.45. The van der Waals surface area contributed by atoms with Crippen molar-refractivity contribution in [3.8, 4) is 6.07 Å². The number of nitrogens with zero attached hydrogens (tertiary/aromatic N) is 3. The average molecular weight is 315 g/mol. The number of hydrogen-bond acceptors (Lipinski definition) is 8. The van der Waals surface area contributed by atoms with Crippen LogP contribution < -0.4 is 0 Å². The number of hydrogen-bond donors (Lipinski definition) is 1. The Hall–Kier alpha value is -1.79. The van der Waals surface area contributed by atoms with Gasteiger partial charge in [0.2, 0.25) is 0 Å². The zero-order valence-corrected chi connectivity index (χ0v) is 12.5. The minimum Gasteiger partial charge on any atom is -0.481 e. The van der Waals surface area contributed by atoms with E-state index in [9.17, 15) is 4.79 Å². The zero-order valence-electron chi connectivity index (χ0n) is 10.9. The number of carboxylic acids is 1. The van der Waals surface area contributed by atoms with E-state index in [4.69, 9.17) is 15.2 Å². The third kappa shape index (κ3) is 6.96. The van der Waals surface area contributed by atoms with Crippen molar-refractivity contribution < 1.29 is 19.4 Å². The van der Waals surface area contributed by atoms with Gasteiger partial charge in [0.1, 0.15) is 28.0 Å². The second kappa shape index (κ2) is 11.1. The van der Waals surface area contributed by atoms with Gasteiger partial charge in [0, 0.05) is 0 Å². The van der Waals surface area contributed by atoms with E-state index >= 15 is 0 Å². The van der Waals surface area contributed by atoms with Crippen LogP contribution in [0, 0.1) is 11.3 Å². The molecule has 0 unspecified atom stereocenters. The fourth-order valence-electron chi connectivity index (χ4n) is 0.936. The lowest BCUT2D eigenvalue weighted by Gasteiger charge is -2.04. The first-order chi connectivity index (χ1) is 9.60. The number of aromatic nitrogens is 2. The van der Waals surface area contributed by atoms with E-state index in [-0.39, 0.29) is 5.75 Å². The molecule has 0 aliphatic rings. The van der Waals surface area contributed by atoms with Crippen LogP contribution in [-0.4, -0.2) is 46.1 Å². The van der Waals surface area contributed by atoms with Crippen LogP contribution >= 0.6 is 23.5 Å². The Bertz CT molecular complexity index is 491. The molecule has 1 aromatic rings. The van der Waals surface area contributed by atoms with Gasteiger partial charge in [-0.2, -0.15) is 5.26 Å². The summed E-state index contributed by atoms with van der Waals surface area (Å²) >= 11 is 2.47. The van der Waals surface area contributed by atoms with E-state index < -0.39 is 5.97 Å². The molecule has 1 heterocycles. The highest BCUT2D eigenvalue weighted by molar-refractivity contribution is 8.00. The molecule has 1 N–H and O–H groups in total. The predicted molar refractivity (Wildman–Crippen MR) is 74.6 cm³/mol. The summed E-state index contributed by atoms with van der Waals surface area (Å²) in [6, 6.07) is 2.01. The normalized spacial score (nSPS) is 8.85. The molecule has 0 aliphatic carbocycles. The fraction of sp³-hybridized carbons (Fsp3) is 0.364. The number of carbonyl (C=O) groups is 2. The highest BCUT2D eigenvalue weighted by Gasteiger charge is 2.12. The Morgan fingerprint density at radius 1 is 1.50 bits per heavy atom. The molecule has 0 aromatic carbocycles. The monoisotopic (exact) mass is 315 g/mol. The molecule has 0 bridgehead atoms. The predicted octanol–water partition coefficient (Wildman–Crippen LogP) is 1.43. The molecular weight excluding hydrogens is 302 g/mol. The van der Waals surface area contributed by atoms with Gasteiger partial charge in [-0.25, -0.2) is 9.97 Å². The molecule has 9 heteroatoms. The van der Waals surface area contributed by atoms with Gasteiger partial charge in [-0.05, 0) is 5.75 Å². The first kappa shape index (κ1) is 18.2. The van der Waals surface area contributed by atoms with Crippen LogP contribution in [-0.2, 0) is 14.3 Å². The fourth-order valence-corrected chi connectivity index (χ4v) is 2.35. The maximum absolute atomic E-state index is 10.4. The Labute approximate surface area is 124 Å². The number of methoxy groups -OCH3 is 1. The number of ether oxygens (including phenoxy) is 1. The number of nitriles is 1. The number of carboxylic acid groups (broad SMARTS) is 1. The van der Waals surface area contributed by atoms with Gasteiger partial charge in [0.15, 0.2) is 0 Å². The van der Waals surface area contributed by atoms with E-state index in [2.05, 4.69) is 14.7 Å². The van der Waals surface area contributed by atoms with Crippen molar-refractivity contribution in [1.29, 1.82) is 5.26 Å². The Balaban J connectivity index is 0.000000796. The molecule has 0 fully saturated rings. The second-order valence-corrected chi connectivity index (χ2v) is 5.13. The molecule has 0 saturated carbocycles. The first-order valence-electron chi connectivity index (χ1n) is 5.29. The summed E-state index contributed by atoms with van der Waals surface area (Å²) in [6.45, 7) is 2.33. The summed E-state index contributed by atoms with van der Waals surface area (Å²) < 4.78 is 3.86. The molecule has 20 heavy (non-hydrogen) atoms. The van der Waals surface area contributed by atoms with Crippen LogP contribution in [0.3, 0.4) is 0 Å². The molecule has 108 valence electrons. The van der Waals surface area contributed by atoms with Gasteiger partial charge >= 0.3 is 5.97 Å². The Morgan fingerprint density at radius 3 is 2.45 bits per heavy atom. The molecule has 1 rings (SSSR count). The Morgan fingerprint density at radius 2 is 2.05 bits per heavy atom. The largest absolute Gasteiger partial charge is 0.481 e. The summed E-state index contributed by atoms with van der Waals surface area (Å²) in [5, 5.41) is 18.6. The van der Waals surface area contributed by atoms with Crippen LogP contribution in [0.25, 0.3) is 0 Å². The van der Waals surface area contributed by atoms with Gasteiger partial charge in [-0.1, -0.05) is 18.7 Å². The highest BCUT2D eigenvalue weighted by Crippen LogP contribution is 2.26. The molecule has 0 radical (unpaired) electrons. The topological polar surface area (TPSA) is 113 Å². The molecule has 1 aromatic heterocycles. The number of carbonyl (C=O) groups excluding carboxylic acids is 1. The Kier molecular flexibility index (Phi) is 10.1. The van der Waals surface area contributed by atoms with Crippen molar-refractivity contribution in [2.75, 3.05) is 18.6 Å². The molecule has 0 aliphatic heterocycles. The molecule has 0 saturated heterocycles. The minimum absolute atomic E-state index is 0.109. The van der Waals surface area contributed by atoms with Gasteiger partial charge in [0.05, 0.1) is 12.9 Å². The maximum atomic E-state index is 10.4. The summed E-state index contributed by atoms with van der Waals surface area (Å²) in [4.78, 5) is 27.3. The average Bonchev–Trinajstić information content (AvgIpc) is 2.45. The van der Waals surface area contributed by atoms with Gasteiger partial charge in [0.25, 0.3) is 6.47 Å². The summed E-state index contributed by atoms with van der Waals surface area (Å²) in [7, 11) is 1.31. The van der Waals surface area contributed by atoms with Gasteiger partial charge < -0.3 is 9.84 Å². The molecule has 0 atom stereocenters. The highest BCUT2D eigenvalue weighted by atomic mass is 32.2. The lowest BCUT2D eigenvalue weighted by Crippen LogP contribution is -2.00. The minimum atomic E-state index is -0.933. The maximum Gasteiger partial charge on any atom is 0.313 e. The van der Waals surface area contributed by atoms with E-state index in [1.54, 1.807) is 0 Å². The zero-order chi connectivity index (χ0) is 15.4. The lowest BCUT2D eigenvalue weighted by molar-refractivity contribution is -0.134. The summed E-state index contributed by atoms with van der Waals surface area (Å²) in [5.74, 6) is -0.242. The van der Waals surface area contributed by atoms with Crippen molar-refractivity contribution >= 4 is 36.0 Å². The first-order valence-corrected chi connectivity index (χ1v) is 7.26.